The summed E-state index contributed by atoms with van der Waals surface area (Å²) in [5.74, 6) is 0.775. The second-order valence-electron chi connectivity index (χ2n) is 21.1. The molecule has 7 nitrogen and oxygen atoms in total. The summed E-state index contributed by atoms with van der Waals surface area (Å²) < 4.78 is 0. The first-order chi connectivity index (χ1) is 30.4. The van der Waals surface area contributed by atoms with E-state index in [2.05, 4.69) is 202 Å². The summed E-state index contributed by atoms with van der Waals surface area (Å²) in [5.41, 5.74) is 13.3. The number of para-hydroxylation sites is 1. The van der Waals surface area contributed by atoms with E-state index in [0.717, 1.165) is 71.5 Å². The number of fused-ring (bicyclic) bond motifs is 9. The van der Waals surface area contributed by atoms with E-state index in [1.165, 1.54) is 33.4 Å². The number of benzene rings is 6. The molecule has 0 N–H and O–H groups in total. The molecule has 3 aliphatic carbocycles. The molecule has 2 atom stereocenters. The largest absolute Gasteiger partial charge is 0.304 e. The van der Waals surface area contributed by atoms with Gasteiger partial charge in [-0.25, -0.2) is 0 Å². The van der Waals surface area contributed by atoms with Gasteiger partial charge in [-0.3, -0.25) is 30.0 Å². The first kappa shape index (κ1) is 39.0. The van der Waals surface area contributed by atoms with E-state index in [9.17, 15) is 0 Å². The van der Waals surface area contributed by atoms with Crippen LogP contribution in [0.5, 0.6) is 0 Å². The molecule has 0 fully saturated rings. The number of allylic oxidation sites excluding steroid dienone is 4. The van der Waals surface area contributed by atoms with Gasteiger partial charge in [0.2, 0.25) is 0 Å². The van der Waals surface area contributed by atoms with Gasteiger partial charge in [0, 0.05) is 22.5 Å². The Morgan fingerprint density at radius 2 is 0.969 bits per heavy atom. The first-order valence-electron chi connectivity index (χ1n) is 22.8. The third kappa shape index (κ3) is 5.58. The molecule has 3 aliphatic heterocycles. The Kier molecular flexibility index (Phi) is 7.79. The molecule has 316 valence electrons. The quantitative estimate of drug-likeness (QED) is 0.170. The first-order valence-corrected chi connectivity index (χ1v) is 22.8. The van der Waals surface area contributed by atoms with Gasteiger partial charge >= 0.3 is 0 Å². The van der Waals surface area contributed by atoms with Crippen molar-refractivity contribution < 1.29 is 0 Å². The van der Waals surface area contributed by atoms with E-state index in [0.29, 0.717) is 11.8 Å². The van der Waals surface area contributed by atoms with Gasteiger partial charge in [0.25, 0.3) is 0 Å². The van der Waals surface area contributed by atoms with Gasteiger partial charge < -0.3 is 4.90 Å². The van der Waals surface area contributed by atoms with Gasteiger partial charge in [0.15, 0.2) is 0 Å². The maximum absolute atomic E-state index is 5.44. The van der Waals surface area contributed by atoms with Gasteiger partial charge in [-0.2, -0.15) is 0 Å². The molecule has 0 radical (unpaired) electrons. The van der Waals surface area contributed by atoms with Gasteiger partial charge in [0.05, 0.1) is 33.1 Å². The van der Waals surface area contributed by atoms with E-state index in [-0.39, 0.29) is 10.8 Å². The van der Waals surface area contributed by atoms with E-state index in [1.54, 1.807) is 0 Å². The highest BCUT2D eigenvalue weighted by molar-refractivity contribution is 5.85. The number of rotatable bonds is 5. The van der Waals surface area contributed by atoms with Crippen LogP contribution < -0.4 is 37.0 Å². The Balaban J connectivity index is 1.09. The van der Waals surface area contributed by atoms with Crippen LogP contribution in [0.15, 0.2) is 157 Å². The minimum absolute atomic E-state index is 0.0419. The van der Waals surface area contributed by atoms with E-state index < -0.39 is 17.0 Å². The molecule has 6 aliphatic rings. The van der Waals surface area contributed by atoms with Crippen molar-refractivity contribution in [1.29, 1.82) is 0 Å². The molecule has 3 heterocycles. The number of nitrogens with zero attached hydrogens (tertiary/aromatic N) is 7. The van der Waals surface area contributed by atoms with Crippen LogP contribution in [-0.2, 0) is 10.8 Å². The molecule has 0 saturated heterocycles. The van der Waals surface area contributed by atoms with E-state index in [1.807, 2.05) is 0 Å². The van der Waals surface area contributed by atoms with Crippen LogP contribution in [0, 0.1) is 5.92 Å². The molecule has 0 bridgehead atoms. The van der Waals surface area contributed by atoms with Crippen LogP contribution in [0.3, 0.4) is 0 Å². The summed E-state index contributed by atoms with van der Waals surface area (Å²) in [6, 6.07) is 38.0. The monoisotopic (exact) mass is 835 g/mol. The standard InChI is InChI=1S/C57H53N7/c1-53(2)40-18-13-11-16-36(40)38-30-32(22-26-42(38)53)34-24-28-46(51-48(34)59-56(7,8)62-51)64(45-21-15-20-44-50(45)61-55(5,6)58-44)47-29-25-35(49-52(47)63-57(9,10)60-49)33-23-27-43-39(31-33)37-17-12-14-19-41(37)54(43,3)4/h11-31,36,40H,1-10H3. The lowest BCUT2D eigenvalue weighted by atomic mass is 9.74. The SMILES string of the molecule is CC1(C)N=c2cccc(N(c3ccc(-c4ccc5c(c4)-c4ccccc4C5(C)C)c4c3=NC(C)(C)N=4)c3ccc(-c4ccc5c(c4)C4C=CC=CC4C5(C)C)c4c3=NC(C)(C)N=4)c2=N1. The average Bonchev–Trinajstić information content (AvgIpc) is 3.99. The predicted octanol–water partition coefficient (Wildman–Crippen LogP) is 9.88. The van der Waals surface area contributed by atoms with Gasteiger partial charge in [-0.15, -0.1) is 0 Å². The lowest BCUT2D eigenvalue weighted by molar-refractivity contribution is 0.394. The summed E-state index contributed by atoms with van der Waals surface area (Å²) in [6.45, 7) is 21.9. The van der Waals surface area contributed by atoms with Crippen LogP contribution in [0.1, 0.15) is 97.4 Å². The predicted molar refractivity (Wildman–Crippen MR) is 256 cm³/mol. The Morgan fingerprint density at radius 3 is 1.66 bits per heavy atom. The molecule has 6 aromatic carbocycles. The number of hydrogen-bond acceptors (Lipinski definition) is 7. The van der Waals surface area contributed by atoms with Crippen molar-refractivity contribution in [3.05, 3.63) is 182 Å². The third-order valence-corrected chi connectivity index (χ3v) is 14.6. The van der Waals surface area contributed by atoms with Crippen molar-refractivity contribution in [2.24, 2.45) is 35.9 Å². The maximum Gasteiger partial charge on any atom is 0.146 e. The third-order valence-electron chi connectivity index (χ3n) is 14.6. The number of anilines is 3. The Hall–Kier alpha value is -6.60. The molecule has 0 saturated carbocycles. The Morgan fingerprint density at radius 1 is 0.422 bits per heavy atom. The topological polar surface area (TPSA) is 77.4 Å². The molecule has 0 amide bonds. The van der Waals surface area contributed by atoms with Crippen molar-refractivity contribution >= 4 is 17.1 Å². The van der Waals surface area contributed by atoms with Gasteiger partial charge in [0.1, 0.15) is 33.1 Å². The van der Waals surface area contributed by atoms with Gasteiger partial charge in [-0.05, 0) is 140 Å². The summed E-state index contributed by atoms with van der Waals surface area (Å²) in [7, 11) is 0. The van der Waals surface area contributed by atoms with Crippen LogP contribution in [0.4, 0.5) is 17.1 Å². The highest BCUT2D eigenvalue weighted by atomic mass is 15.2. The molecule has 2 unspecified atom stereocenters. The lowest BCUT2D eigenvalue weighted by Gasteiger charge is -2.29. The normalized spacial score (nSPS) is 21.6. The van der Waals surface area contributed by atoms with Crippen LogP contribution >= 0.6 is 0 Å². The summed E-state index contributed by atoms with van der Waals surface area (Å²) in [5, 5.41) is 5.18. The Labute approximate surface area is 374 Å². The summed E-state index contributed by atoms with van der Waals surface area (Å²) in [4.78, 5) is 34.2. The summed E-state index contributed by atoms with van der Waals surface area (Å²) in [6.07, 6.45) is 9.17. The minimum Gasteiger partial charge on any atom is -0.304 e. The van der Waals surface area contributed by atoms with Crippen molar-refractivity contribution in [3.8, 4) is 33.4 Å². The Bertz CT molecular complexity index is 3570. The molecular weight excluding hydrogens is 783 g/mol. The fraction of sp³-hybridized carbons (Fsp3) is 0.298. The van der Waals surface area contributed by atoms with E-state index in [4.69, 9.17) is 30.0 Å². The lowest BCUT2D eigenvalue weighted by Crippen LogP contribution is -2.38. The molecule has 6 aromatic rings. The van der Waals surface area contributed by atoms with Crippen LogP contribution in [0.25, 0.3) is 33.4 Å². The molecule has 12 rings (SSSR count). The zero-order chi connectivity index (χ0) is 44.3. The maximum atomic E-state index is 5.44. The zero-order valence-electron chi connectivity index (χ0n) is 38.4. The van der Waals surface area contributed by atoms with Crippen LogP contribution in [-0.4, -0.2) is 17.0 Å². The van der Waals surface area contributed by atoms with Crippen molar-refractivity contribution in [2.45, 2.75) is 103 Å². The second-order valence-corrected chi connectivity index (χ2v) is 21.1. The zero-order valence-corrected chi connectivity index (χ0v) is 38.4. The van der Waals surface area contributed by atoms with Crippen molar-refractivity contribution in [3.63, 3.8) is 0 Å². The smallest absolute Gasteiger partial charge is 0.146 e. The molecule has 0 spiro atoms. The second kappa shape index (κ2) is 12.8. The number of hydrogen-bond donors (Lipinski definition) is 0. The molecule has 7 heteroatoms. The van der Waals surface area contributed by atoms with Crippen molar-refractivity contribution in [2.75, 3.05) is 4.90 Å². The van der Waals surface area contributed by atoms with Gasteiger partial charge in [-0.1, -0.05) is 113 Å². The van der Waals surface area contributed by atoms with E-state index >= 15 is 0 Å². The molecular formula is C57H53N7. The fourth-order valence-corrected chi connectivity index (χ4v) is 11.7. The van der Waals surface area contributed by atoms with Crippen molar-refractivity contribution in [1.82, 2.24) is 0 Å². The fourth-order valence-electron chi connectivity index (χ4n) is 11.7. The summed E-state index contributed by atoms with van der Waals surface area (Å²) >= 11 is 0. The molecule has 64 heavy (non-hydrogen) atoms. The molecule has 0 aromatic heterocycles. The average molecular weight is 836 g/mol. The highest BCUT2D eigenvalue weighted by Gasteiger charge is 2.44. The highest BCUT2D eigenvalue weighted by Crippen LogP contribution is 2.54. The minimum atomic E-state index is -0.678. The van der Waals surface area contributed by atoms with Crippen LogP contribution in [0.2, 0.25) is 0 Å².